The lowest BCUT2D eigenvalue weighted by atomic mass is 10.2. The first-order chi connectivity index (χ1) is 5.29. The minimum Gasteiger partial charge on any atom is -0.453 e. The highest BCUT2D eigenvalue weighted by Gasteiger charge is 2.27. The second-order valence-corrected chi connectivity index (χ2v) is 2.87. The van der Waals surface area contributed by atoms with E-state index in [0.29, 0.717) is 6.04 Å². The number of carbonyl (C=O) groups excluding carboxylic acids is 1. The lowest BCUT2D eigenvalue weighted by molar-refractivity contribution is 0.118. The van der Waals surface area contributed by atoms with Gasteiger partial charge in [-0.15, -0.1) is 0 Å². The maximum atomic E-state index is 11.1. The van der Waals surface area contributed by atoms with E-state index < -0.39 is 0 Å². The molecule has 1 saturated heterocycles. The minimum atomic E-state index is -0.172. The molecule has 0 aromatic heterocycles. The molecule has 1 aliphatic heterocycles. The van der Waals surface area contributed by atoms with Gasteiger partial charge in [-0.1, -0.05) is 6.92 Å². The molecule has 0 spiro atoms. The molecule has 0 N–H and O–H groups in total. The Labute approximate surface area is 67.3 Å². The first-order valence-corrected chi connectivity index (χ1v) is 4.14. The van der Waals surface area contributed by atoms with E-state index in [1.54, 1.807) is 0 Å². The van der Waals surface area contributed by atoms with E-state index in [4.69, 9.17) is 0 Å². The first kappa shape index (κ1) is 8.37. The molecule has 0 aromatic carbocycles. The number of methoxy groups -OCH3 is 1. The monoisotopic (exact) mass is 157 g/mol. The number of ether oxygens (including phenoxy) is 1. The molecule has 1 amide bonds. The summed E-state index contributed by atoms with van der Waals surface area (Å²) in [6, 6.07) is 0.419. The molecule has 0 saturated carbocycles. The lowest BCUT2D eigenvalue weighted by Crippen LogP contribution is -2.34. The van der Waals surface area contributed by atoms with E-state index >= 15 is 0 Å². The number of nitrogens with zero attached hydrogens (tertiary/aromatic N) is 1. The molecule has 64 valence electrons. The van der Waals surface area contributed by atoms with E-state index in [1.807, 2.05) is 4.90 Å². The topological polar surface area (TPSA) is 29.5 Å². The lowest BCUT2D eigenvalue weighted by Gasteiger charge is -2.21. The summed E-state index contributed by atoms with van der Waals surface area (Å²) in [5.41, 5.74) is 0. The van der Waals surface area contributed by atoms with E-state index in [-0.39, 0.29) is 6.09 Å². The van der Waals surface area contributed by atoms with Gasteiger partial charge in [0, 0.05) is 12.6 Å². The third-order valence-corrected chi connectivity index (χ3v) is 2.26. The molecule has 3 heteroatoms. The Bertz CT molecular complexity index is 147. The van der Waals surface area contributed by atoms with Crippen molar-refractivity contribution in [2.45, 2.75) is 32.2 Å². The molecule has 1 heterocycles. The number of rotatable bonds is 1. The molecule has 1 fully saturated rings. The zero-order valence-electron chi connectivity index (χ0n) is 7.17. The molecule has 0 radical (unpaired) electrons. The fraction of sp³-hybridized carbons (Fsp3) is 0.875. The van der Waals surface area contributed by atoms with E-state index in [1.165, 1.54) is 7.11 Å². The van der Waals surface area contributed by atoms with Gasteiger partial charge in [-0.3, -0.25) is 0 Å². The normalized spacial score (nSPS) is 23.8. The van der Waals surface area contributed by atoms with Crippen LogP contribution in [-0.2, 0) is 4.74 Å². The second kappa shape index (κ2) is 3.60. The van der Waals surface area contributed by atoms with Crippen LogP contribution >= 0.6 is 0 Å². The van der Waals surface area contributed by atoms with E-state index in [9.17, 15) is 4.79 Å². The number of carbonyl (C=O) groups is 1. The highest BCUT2D eigenvalue weighted by atomic mass is 16.5. The Morgan fingerprint density at radius 2 is 2.45 bits per heavy atom. The number of hydrogen-bond donors (Lipinski definition) is 0. The predicted molar refractivity (Wildman–Crippen MR) is 42.4 cm³/mol. The van der Waals surface area contributed by atoms with Crippen molar-refractivity contribution >= 4 is 6.09 Å². The molecule has 0 bridgehead atoms. The Morgan fingerprint density at radius 1 is 1.73 bits per heavy atom. The van der Waals surface area contributed by atoms with Gasteiger partial charge in [-0.2, -0.15) is 0 Å². The minimum absolute atomic E-state index is 0.172. The van der Waals surface area contributed by atoms with Crippen LogP contribution in [0, 0.1) is 0 Å². The molecule has 0 aliphatic carbocycles. The van der Waals surface area contributed by atoms with Crippen LogP contribution in [0.5, 0.6) is 0 Å². The zero-order valence-corrected chi connectivity index (χ0v) is 7.17. The maximum absolute atomic E-state index is 11.1. The average Bonchev–Trinajstić information content (AvgIpc) is 2.50. The number of amides is 1. The van der Waals surface area contributed by atoms with Crippen molar-refractivity contribution in [1.29, 1.82) is 0 Å². The molecular weight excluding hydrogens is 142 g/mol. The summed E-state index contributed by atoms with van der Waals surface area (Å²) in [4.78, 5) is 12.9. The molecule has 1 rings (SSSR count). The summed E-state index contributed by atoms with van der Waals surface area (Å²) in [5.74, 6) is 0. The summed E-state index contributed by atoms with van der Waals surface area (Å²) in [5, 5.41) is 0. The molecule has 0 aromatic rings. The number of hydrogen-bond acceptors (Lipinski definition) is 2. The first-order valence-electron chi connectivity index (χ1n) is 4.14. The van der Waals surface area contributed by atoms with Gasteiger partial charge in [-0.05, 0) is 19.3 Å². The Kier molecular flexibility index (Phi) is 2.74. The van der Waals surface area contributed by atoms with Crippen LogP contribution in [0.2, 0.25) is 0 Å². The van der Waals surface area contributed by atoms with E-state index in [2.05, 4.69) is 11.7 Å². The van der Waals surface area contributed by atoms with Crippen LogP contribution in [0.1, 0.15) is 26.2 Å². The summed E-state index contributed by atoms with van der Waals surface area (Å²) >= 11 is 0. The third-order valence-electron chi connectivity index (χ3n) is 2.26. The maximum Gasteiger partial charge on any atom is 0.409 e. The highest BCUT2D eigenvalue weighted by Crippen LogP contribution is 2.19. The average molecular weight is 157 g/mol. The van der Waals surface area contributed by atoms with Crippen molar-refractivity contribution in [3.05, 3.63) is 0 Å². The van der Waals surface area contributed by atoms with Gasteiger partial charge in [0.2, 0.25) is 0 Å². The summed E-state index contributed by atoms with van der Waals surface area (Å²) < 4.78 is 4.65. The molecule has 0 unspecified atom stereocenters. The van der Waals surface area contributed by atoms with Crippen molar-refractivity contribution in [1.82, 2.24) is 4.90 Å². The molecule has 1 aliphatic rings. The third kappa shape index (κ3) is 1.64. The second-order valence-electron chi connectivity index (χ2n) is 2.87. The SMILES string of the molecule is CC[C@H]1CCCN1C(=O)OC. The molecule has 1 atom stereocenters. The van der Waals surface area contributed by atoms with Gasteiger partial charge in [0.25, 0.3) is 0 Å². The van der Waals surface area contributed by atoms with Gasteiger partial charge in [0.05, 0.1) is 7.11 Å². The van der Waals surface area contributed by atoms with Crippen LogP contribution in [0.15, 0.2) is 0 Å². The van der Waals surface area contributed by atoms with Gasteiger partial charge >= 0.3 is 6.09 Å². The molecular formula is C8H15NO2. The fourth-order valence-corrected chi connectivity index (χ4v) is 1.62. The van der Waals surface area contributed by atoms with Crippen LogP contribution in [0.3, 0.4) is 0 Å². The molecule has 3 nitrogen and oxygen atoms in total. The van der Waals surface area contributed by atoms with Gasteiger partial charge in [0.15, 0.2) is 0 Å². The Balaban J connectivity index is 2.49. The summed E-state index contributed by atoms with van der Waals surface area (Å²) in [6.07, 6.45) is 3.11. The predicted octanol–water partition coefficient (Wildman–Crippen LogP) is 1.63. The van der Waals surface area contributed by atoms with Crippen LogP contribution in [0.4, 0.5) is 4.79 Å². The quantitative estimate of drug-likeness (QED) is 0.579. The highest BCUT2D eigenvalue weighted by molar-refractivity contribution is 5.68. The zero-order chi connectivity index (χ0) is 8.27. The van der Waals surface area contributed by atoms with Crippen LogP contribution in [0.25, 0.3) is 0 Å². The Hall–Kier alpha value is -0.730. The largest absolute Gasteiger partial charge is 0.453 e. The van der Waals surface area contributed by atoms with Crippen molar-refractivity contribution in [2.24, 2.45) is 0 Å². The van der Waals surface area contributed by atoms with Gasteiger partial charge < -0.3 is 9.64 Å². The Morgan fingerprint density at radius 3 is 3.00 bits per heavy atom. The van der Waals surface area contributed by atoms with Crippen LogP contribution < -0.4 is 0 Å². The smallest absolute Gasteiger partial charge is 0.409 e. The van der Waals surface area contributed by atoms with Crippen molar-refractivity contribution in [2.75, 3.05) is 13.7 Å². The van der Waals surface area contributed by atoms with E-state index in [0.717, 1.165) is 25.8 Å². The standard InChI is InChI=1S/C8H15NO2/c1-3-7-5-4-6-9(7)8(10)11-2/h7H,3-6H2,1-2H3/t7-/m0/s1. The fourth-order valence-electron chi connectivity index (χ4n) is 1.62. The summed E-state index contributed by atoms with van der Waals surface area (Å²) in [6.45, 7) is 2.97. The number of likely N-dealkylation sites (tertiary alicyclic amines) is 1. The summed E-state index contributed by atoms with van der Waals surface area (Å²) in [7, 11) is 1.44. The van der Waals surface area contributed by atoms with Crippen molar-refractivity contribution in [3.63, 3.8) is 0 Å². The van der Waals surface area contributed by atoms with Crippen LogP contribution in [-0.4, -0.2) is 30.7 Å². The van der Waals surface area contributed by atoms with Crippen molar-refractivity contribution in [3.8, 4) is 0 Å². The van der Waals surface area contributed by atoms with Crippen molar-refractivity contribution < 1.29 is 9.53 Å². The van der Waals surface area contributed by atoms with Gasteiger partial charge in [0.1, 0.15) is 0 Å². The molecule has 11 heavy (non-hydrogen) atoms. The van der Waals surface area contributed by atoms with Gasteiger partial charge in [-0.25, -0.2) is 4.79 Å².